The maximum atomic E-state index is 13.1. The molecule has 0 atom stereocenters. The Morgan fingerprint density at radius 1 is 1.00 bits per heavy atom. The molecule has 28 heavy (non-hydrogen) atoms. The van der Waals surface area contributed by atoms with Crippen molar-refractivity contribution in [3.05, 3.63) is 83.3 Å². The van der Waals surface area contributed by atoms with Crippen LogP contribution in [0.1, 0.15) is 13.8 Å². The molecule has 1 N–H and O–H groups in total. The molecule has 0 spiro atoms. The van der Waals surface area contributed by atoms with Gasteiger partial charge in [0.2, 0.25) is 0 Å². The van der Waals surface area contributed by atoms with Crippen molar-refractivity contribution in [3.63, 3.8) is 0 Å². The van der Waals surface area contributed by atoms with Crippen LogP contribution in [0.3, 0.4) is 0 Å². The zero-order valence-electron chi connectivity index (χ0n) is 15.5. The van der Waals surface area contributed by atoms with Gasteiger partial charge in [-0.2, -0.15) is 5.10 Å². The second kappa shape index (κ2) is 6.81. The number of rotatable bonds is 4. The van der Waals surface area contributed by atoms with E-state index < -0.39 is 5.54 Å². The largest absolute Gasteiger partial charge is 0.463 e. The Balaban J connectivity index is 1.71. The van der Waals surface area contributed by atoms with Gasteiger partial charge in [0.25, 0.3) is 11.5 Å². The van der Waals surface area contributed by atoms with Crippen molar-refractivity contribution >= 4 is 22.4 Å². The van der Waals surface area contributed by atoms with Crippen LogP contribution in [0.2, 0.25) is 0 Å². The smallest absolute Gasteiger partial charge is 0.267 e. The number of anilines is 1. The van der Waals surface area contributed by atoms with Gasteiger partial charge < -0.3 is 9.73 Å². The van der Waals surface area contributed by atoms with Gasteiger partial charge in [-0.3, -0.25) is 9.59 Å². The third kappa shape index (κ3) is 3.09. The van der Waals surface area contributed by atoms with Crippen LogP contribution in [0.15, 0.2) is 82.2 Å². The number of amides is 1. The molecule has 0 aliphatic heterocycles. The number of furan rings is 1. The molecule has 4 rings (SSSR count). The summed E-state index contributed by atoms with van der Waals surface area (Å²) in [5, 5.41) is 9.26. The van der Waals surface area contributed by atoms with E-state index in [0.29, 0.717) is 17.1 Å². The van der Waals surface area contributed by atoms with Crippen LogP contribution < -0.4 is 10.9 Å². The van der Waals surface area contributed by atoms with E-state index in [9.17, 15) is 9.59 Å². The minimum atomic E-state index is -1.21. The molecule has 0 aliphatic rings. The zero-order valence-corrected chi connectivity index (χ0v) is 15.5. The van der Waals surface area contributed by atoms with Crippen molar-refractivity contribution in [3.8, 4) is 11.5 Å². The maximum absolute atomic E-state index is 13.1. The van der Waals surface area contributed by atoms with Gasteiger partial charge in [0, 0.05) is 17.1 Å². The van der Waals surface area contributed by atoms with Crippen molar-refractivity contribution in [2.24, 2.45) is 0 Å². The molecule has 1 amide bonds. The molecule has 0 saturated carbocycles. The lowest BCUT2D eigenvalue weighted by molar-refractivity contribution is -0.123. The Morgan fingerprint density at radius 3 is 2.57 bits per heavy atom. The lowest BCUT2D eigenvalue weighted by atomic mass is 10.0. The number of aromatic nitrogens is 2. The predicted octanol–water partition coefficient (Wildman–Crippen LogP) is 4.03. The summed E-state index contributed by atoms with van der Waals surface area (Å²) in [6.07, 6.45) is 1.53. The van der Waals surface area contributed by atoms with Crippen LogP contribution in [-0.4, -0.2) is 15.7 Å². The molecule has 0 unspecified atom stereocenters. The second-order valence-electron chi connectivity index (χ2n) is 6.99. The Bertz CT molecular complexity index is 1200. The second-order valence-corrected chi connectivity index (χ2v) is 6.99. The summed E-state index contributed by atoms with van der Waals surface area (Å²) in [6.45, 7) is 3.32. The number of fused-ring (bicyclic) bond motifs is 1. The molecule has 6 nitrogen and oxygen atoms in total. The summed E-state index contributed by atoms with van der Waals surface area (Å²) in [6, 6.07) is 19.9. The minimum Gasteiger partial charge on any atom is -0.463 e. The zero-order chi connectivity index (χ0) is 19.7. The van der Waals surface area contributed by atoms with Crippen molar-refractivity contribution in [2.45, 2.75) is 19.4 Å². The van der Waals surface area contributed by atoms with Crippen LogP contribution in [0, 0.1) is 0 Å². The van der Waals surface area contributed by atoms with Gasteiger partial charge in [0.05, 0.1) is 6.26 Å². The quantitative estimate of drug-likeness (QED) is 0.586. The van der Waals surface area contributed by atoms with Gasteiger partial charge in [0.1, 0.15) is 11.2 Å². The van der Waals surface area contributed by atoms with Crippen molar-refractivity contribution in [2.75, 3.05) is 5.32 Å². The van der Waals surface area contributed by atoms with Gasteiger partial charge >= 0.3 is 0 Å². The normalized spacial score (nSPS) is 11.5. The molecule has 0 radical (unpaired) electrons. The maximum Gasteiger partial charge on any atom is 0.267 e. The number of carbonyl (C=O) groups is 1. The third-order valence-electron chi connectivity index (χ3n) is 4.70. The van der Waals surface area contributed by atoms with Crippen molar-refractivity contribution in [1.82, 2.24) is 9.78 Å². The molecule has 2 aromatic carbocycles. The summed E-state index contributed by atoms with van der Waals surface area (Å²) in [7, 11) is 0. The van der Waals surface area contributed by atoms with E-state index in [2.05, 4.69) is 10.4 Å². The fourth-order valence-electron chi connectivity index (χ4n) is 3.07. The van der Waals surface area contributed by atoms with E-state index in [1.807, 2.05) is 42.5 Å². The molecule has 2 heterocycles. The highest BCUT2D eigenvalue weighted by Gasteiger charge is 2.32. The Morgan fingerprint density at radius 2 is 1.79 bits per heavy atom. The summed E-state index contributed by atoms with van der Waals surface area (Å²) >= 11 is 0. The fourth-order valence-corrected chi connectivity index (χ4v) is 3.07. The molecule has 140 valence electrons. The summed E-state index contributed by atoms with van der Waals surface area (Å²) in [5.41, 5.74) is -0.410. The van der Waals surface area contributed by atoms with Gasteiger partial charge in [-0.25, -0.2) is 4.68 Å². The summed E-state index contributed by atoms with van der Waals surface area (Å²) in [5.74, 6) is 0.189. The van der Waals surface area contributed by atoms with E-state index in [4.69, 9.17) is 4.42 Å². The highest BCUT2D eigenvalue weighted by molar-refractivity contribution is 6.04. The average molecular weight is 373 g/mol. The van der Waals surface area contributed by atoms with E-state index in [1.165, 1.54) is 17.0 Å². The first-order valence-electron chi connectivity index (χ1n) is 8.91. The fraction of sp³-hybridized carbons (Fsp3) is 0.136. The highest BCUT2D eigenvalue weighted by Crippen LogP contribution is 2.25. The molecule has 0 aliphatic carbocycles. The summed E-state index contributed by atoms with van der Waals surface area (Å²) in [4.78, 5) is 25.5. The van der Waals surface area contributed by atoms with Gasteiger partial charge in [-0.1, -0.05) is 36.4 Å². The SMILES string of the molecule is CC(C)(C(=O)Nc1cccc2ccccc12)n1nc(-c2ccco2)ccc1=O. The first kappa shape index (κ1) is 17.7. The molecule has 4 aromatic rings. The van der Waals surface area contributed by atoms with Crippen LogP contribution in [0.25, 0.3) is 22.2 Å². The molecule has 2 aromatic heterocycles. The van der Waals surface area contributed by atoms with Crippen molar-refractivity contribution < 1.29 is 9.21 Å². The van der Waals surface area contributed by atoms with E-state index >= 15 is 0 Å². The Kier molecular flexibility index (Phi) is 4.31. The van der Waals surface area contributed by atoms with Gasteiger partial charge in [-0.15, -0.1) is 0 Å². The number of benzene rings is 2. The van der Waals surface area contributed by atoms with E-state index in [0.717, 1.165) is 10.8 Å². The standard InChI is InChI=1S/C22H19N3O3/c1-22(2,25-20(26)13-12-18(24-25)19-11-6-14-28-19)21(27)23-17-10-5-8-15-7-3-4-9-16(15)17/h3-14H,1-2H3,(H,23,27). The first-order valence-corrected chi connectivity index (χ1v) is 8.91. The average Bonchev–Trinajstić information content (AvgIpc) is 3.23. The Labute approximate surface area is 161 Å². The molecule has 0 fully saturated rings. The molecule has 0 bridgehead atoms. The highest BCUT2D eigenvalue weighted by atomic mass is 16.3. The number of hydrogen-bond acceptors (Lipinski definition) is 4. The van der Waals surface area contributed by atoms with Crippen LogP contribution in [-0.2, 0) is 10.3 Å². The topological polar surface area (TPSA) is 77.1 Å². The van der Waals surface area contributed by atoms with Gasteiger partial charge in [-0.05, 0) is 43.5 Å². The van der Waals surface area contributed by atoms with Crippen LogP contribution in [0.4, 0.5) is 5.69 Å². The lowest BCUT2D eigenvalue weighted by Crippen LogP contribution is -2.47. The molecular formula is C22H19N3O3. The number of nitrogens with zero attached hydrogens (tertiary/aromatic N) is 2. The number of nitrogens with one attached hydrogen (secondary N) is 1. The van der Waals surface area contributed by atoms with E-state index in [-0.39, 0.29) is 11.5 Å². The van der Waals surface area contributed by atoms with Crippen LogP contribution >= 0.6 is 0 Å². The molecule has 6 heteroatoms. The number of hydrogen-bond donors (Lipinski definition) is 1. The van der Waals surface area contributed by atoms with Crippen molar-refractivity contribution in [1.29, 1.82) is 0 Å². The monoisotopic (exact) mass is 373 g/mol. The predicted molar refractivity (Wildman–Crippen MR) is 108 cm³/mol. The summed E-state index contributed by atoms with van der Waals surface area (Å²) < 4.78 is 6.54. The molecular weight excluding hydrogens is 354 g/mol. The first-order chi connectivity index (χ1) is 13.5. The lowest BCUT2D eigenvalue weighted by Gasteiger charge is -2.25. The number of carbonyl (C=O) groups excluding carboxylic acids is 1. The van der Waals surface area contributed by atoms with Gasteiger partial charge in [0.15, 0.2) is 5.76 Å². The third-order valence-corrected chi connectivity index (χ3v) is 4.70. The minimum absolute atomic E-state index is 0.338. The molecule has 0 saturated heterocycles. The van der Waals surface area contributed by atoms with Crippen LogP contribution in [0.5, 0.6) is 0 Å². The Hall–Kier alpha value is -3.67. The van der Waals surface area contributed by atoms with E-state index in [1.54, 1.807) is 32.0 Å².